The first kappa shape index (κ1) is 13.6. The van der Waals surface area contributed by atoms with Gasteiger partial charge in [-0.05, 0) is 24.3 Å². The van der Waals surface area contributed by atoms with Gasteiger partial charge in [-0.2, -0.15) is 0 Å². The molecule has 1 aliphatic heterocycles. The zero-order valence-corrected chi connectivity index (χ0v) is 10.7. The van der Waals surface area contributed by atoms with E-state index in [9.17, 15) is 4.79 Å². The number of carboxylic acids is 1. The highest BCUT2D eigenvalue weighted by Gasteiger charge is 2.12. The normalized spacial score (nSPS) is 17.0. The Kier molecular flexibility index (Phi) is 4.59. The van der Waals surface area contributed by atoms with E-state index in [1.807, 2.05) is 24.3 Å². The van der Waals surface area contributed by atoms with Crippen molar-refractivity contribution in [2.24, 2.45) is 5.73 Å². The summed E-state index contributed by atoms with van der Waals surface area (Å²) >= 11 is 0. The maximum absolute atomic E-state index is 10.6. The number of ether oxygens (including phenoxy) is 1. The second kappa shape index (κ2) is 6.40. The number of carbonyl (C=O) groups is 1. The van der Waals surface area contributed by atoms with Crippen LogP contribution in [0, 0.1) is 0 Å². The lowest BCUT2D eigenvalue weighted by molar-refractivity contribution is -0.138. The highest BCUT2D eigenvalue weighted by Crippen LogP contribution is 2.18. The molecule has 0 radical (unpaired) electrons. The van der Waals surface area contributed by atoms with Gasteiger partial charge in [0.2, 0.25) is 0 Å². The Morgan fingerprint density at radius 3 is 2.58 bits per heavy atom. The van der Waals surface area contributed by atoms with Crippen LogP contribution in [-0.2, 0) is 9.53 Å². The number of nitrogens with zero attached hydrogens (tertiary/aromatic N) is 1. The lowest BCUT2D eigenvalue weighted by Gasteiger charge is -2.29. The minimum atomic E-state index is -1.00. The summed E-state index contributed by atoms with van der Waals surface area (Å²) in [5, 5.41) is 11.7. The summed E-state index contributed by atoms with van der Waals surface area (Å²) in [6, 6.07) is 7.00. The van der Waals surface area contributed by atoms with Crippen molar-refractivity contribution in [3.63, 3.8) is 0 Å². The van der Waals surface area contributed by atoms with Crippen molar-refractivity contribution < 1.29 is 14.6 Å². The largest absolute Gasteiger partial charge is 0.480 e. The van der Waals surface area contributed by atoms with Gasteiger partial charge in [0.1, 0.15) is 6.04 Å². The van der Waals surface area contributed by atoms with Gasteiger partial charge in [-0.3, -0.25) is 4.79 Å². The van der Waals surface area contributed by atoms with Gasteiger partial charge in [0.15, 0.2) is 0 Å². The van der Waals surface area contributed by atoms with Gasteiger partial charge in [0.25, 0.3) is 0 Å². The van der Waals surface area contributed by atoms with Crippen molar-refractivity contribution >= 4 is 17.3 Å². The number of nitrogens with one attached hydrogen (secondary N) is 1. The van der Waals surface area contributed by atoms with E-state index in [0.717, 1.165) is 37.7 Å². The van der Waals surface area contributed by atoms with Crippen LogP contribution in [0.4, 0.5) is 11.4 Å². The maximum Gasteiger partial charge on any atom is 0.322 e. The molecule has 1 aliphatic rings. The van der Waals surface area contributed by atoms with Crippen LogP contribution in [0.2, 0.25) is 0 Å². The first-order valence-corrected chi connectivity index (χ1v) is 6.32. The number of nitrogens with two attached hydrogens (primary N) is 1. The average molecular weight is 265 g/mol. The standard InChI is InChI=1S/C13H19N3O3/c14-12(13(17)18)9-15-10-1-3-11(4-2-10)16-5-7-19-8-6-16/h1-4,12,15H,5-9,14H2,(H,17,18). The number of benzene rings is 1. The molecule has 1 heterocycles. The first-order chi connectivity index (χ1) is 9.16. The Morgan fingerprint density at radius 1 is 1.37 bits per heavy atom. The fraction of sp³-hybridized carbons (Fsp3) is 0.462. The molecule has 1 atom stereocenters. The highest BCUT2D eigenvalue weighted by molar-refractivity contribution is 5.74. The molecule has 0 spiro atoms. The Hall–Kier alpha value is -1.79. The molecular formula is C13H19N3O3. The van der Waals surface area contributed by atoms with Crippen LogP contribution >= 0.6 is 0 Å². The van der Waals surface area contributed by atoms with Crippen molar-refractivity contribution in [3.8, 4) is 0 Å². The smallest absolute Gasteiger partial charge is 0.322 e. The van der Waals surface area contributed by atoms with E-state index in [1.165, 1.54) is 0 Å². The van der Waals surface area contributed by atoms with E-state index in [0.29, 0.717) is 0 Å². The summed E-state index contributed by atoms with van der Waals surface area (Å²) in [4.78, 5) is 12.9. The molecule has 4 N–H and O–H groups in total. The van der Waals surface area contributed by atoms with Crippen LogP contribution in [-0.4, -0.2) is 50.0 Å². The van der Waals surface area contributed by atoms with Crippen LogP contribution in [0.3, 0.4) is 0 Å². The van der Waals surface area contributed by atoms with Gasteiger partial charge in [-0.1, -0.05) is 0 Å². The number of anilines is 2. The van der Waals surface area contributed by atoms with Crippen LogP contribution < -0.4 is 16.0 Å². The fourth-order valence-electron chi connectivity index (χ4n) is 1.93. The predicted molar refractivity (Wildman–Crippen MR) is 73.6 cm³/mol. The van der Waals surface area contributed by atoms with E-state index in [2.05, 4.69) is 10.2 Å². The SMILES string of the molecule is NC(CNc1ccc(N2CCOCC2)cc1)C(=O)O. The van der Waals surface area contributed by atoms with Crippen LogP contribution in [0.5, 0.6) is 0 Å². The van der Waals surface area contributed by atoms with Gasteiger partial charge in [-0.15, -0.1) is 0 Å². The Balaban J connectivity index is 1.89. The van der Waals surface area contributed by atoms with Crippen LogP contribution in [0.15, 0.2) is 24.3 Å². The maximum atomic E-state index is 10.6. The van der Waals surface area contributed by atoms with Crippen molar-refractivity contribution in [2.45, 2.75) is 6.04 Å². The van der Waals surface area contributed by atoms with Crippen LogP contribution in [0.25, 0.3) is 0 Å². The van der Waals surface area contributed by atoms with Crippen LogP contribution in [0.1, 0.15) is 0 Å². The number of rotatable bonds is 5. The first-order valence-electron chi connectivity index (χ1n) is 6.32. The van der Waals surface area contributed by atoms with E-state index in [4.69, 9.17) is 15.6 Å². The lowest BCUT2D eigenvalue weighted by Crippen LogP contribution is -2.37. The van der Waals surface area contributed by atoms with Crippen molar-refractivity contribution in [1.29, 1.82) is 0 Å². The number of carboxylic acid groups (broad SMARTS) is 1. The molecule has 0 aliphatic carbocycles. The molecule has 1 aromatic rings. The number of morpholine rings is 1. The van der Waals surface area contributed by atoms with Gasteiger partial charge in [-0.25, -0.2) is 0 Å². The predicted octanol–water partition coefficient (Wildman–Crippen LogP) is 0.347. The third kappa shape index (κ3) is 3.84. The molecule has 6 nitrogen and oxygen atoms in total. The lowest BCUT2D eigenvalue weighted by atomic mass is 10.2. The second-order valence-electron chi connectivity index (χ2n) is 4.47. The van der Waals surface area contributed by atoms with E-state index in [1.54, 1.807) is 0 Å². The molecule has 6 heteroatoms. The summed E-state index contributed by atoms with van der Waals surface area (Å²) < 4.78 is 5.31. The Bertz CT molecular complexity index is 416. The Labute approximate surface area is 112 Å². The summed E-state index contributed by atoms with van der Waals surface area (Å²) in [5.41, 5.74) is 7.45. The number of hydrogen-bond acceptors (Lipinski definition) is 5. The molecule has 0 amide bonds. The van der Waals surface area contributed by atoms with Crippen molar-refractivity contribution in [3.05, 3.63) is 24.3 Å². The molecule has 1 fully saturated rings. The zero-order valence-electron chi connectivity index (χ0n) is 10.7. The molecule has 2 rings (SSSR count). The van der Waals surface area contributed by atoms with Gasteiger partial charge in [0, 0.05) is 31.0 Å². The summed E-state index contributed by atoms with van der Waals surface area (Å²) in [7, 11) is 0. The zero-order chi connectivity index (χ0) is 13.7. The topological polar surface area (TPSA) is 87.8 Å². The quantitative estimate of drug-likeness (QED) is 0.712. The average Bonchev–Trinajstić information content (AvgIpc) is 2.46. The fourth-order valence-corrected chi connectivity index (χ4v) is 1.93. The molecular weight excluding hydrogens is 246 g/mol. The minimum absolute atomic E-state index is 0.215. The van der Waals surface area contributed by atoms with Gasteiger partial charge in [0.05, 0.1) is 13.2 Å². The molecule has 19 heavy (non-hydrogen) atoms. The van der Waals surface area contributed by atoms with E-state index >= 15 is 0 Å². The highest BCUT2D eigenvalue weighted by atomic mass is 16.5. The molecule has 0 saturated carbocycles. The molecule has 1 aromatic carbocycles. The number of aliphatic carboxylic acids is 1. The molecule has 1 saturated heterocycles. The third-order valence-electron chi connectivity index (χ3n) is 3.09. The molecule has 0 bridgehead atoms. The second-order valence-corrected chi connectivity index (χ2v) is 4.47. The summed E-state index contributed by atoms with van der Waals surface area (Å²) in [5.74, 6) is -1.00. The molecule has 104 valence electrons. The van der Waals surface area contributed by atoms with E-state index in [-0.39, 0.29) is 6.54 Å². The third-order valence-corrected chi connectivity index (χ3v) is 3.09. The van der Waals surface area contributed by atoms with Gasteiger partial charge >= 0.3 is 5.97 Å². The summed E-state index contributed by atoms with van der Waals surface area (Å²) in [6.45, 7) is 3.53. The van der Waals surface area contributed by atoms with E-state index < -0.39 is 12.0 Å². The molecule has 1 unspecified atom stereocenters. The monoisotopic (exact) mass is 265 g/mol. The Morgan fingerprint density at radius 2 is 2.00 bits per heavy atom. The number of hydrogen-bond donors (Lipinski definition) is 3. The molecule has 0 aromatic heterocycles. The van der Waals surface area contributed by atoms with Crippen molar-refractivity contribution in [1.82, 2.24) is 0 Å². The summed E-state index contributed by atoms with van der Waals surface area (Å²) in [6.07, 6.45) is 0. The van der Waals surface area contributed by atoms with Gasteiger partial charge < -0.3 is 25.8 Å². The van der Waals surface area contributed by atoms with Crippen molar-refractivity contribution in [2.75, 3.05) is 43.1 Å². The minimum Gasteiger partial charge on any atom is -0.480 e.